The van der Waals surface area contributed by atoms with Crippen LogP contribution in [0.2, 0.25) is 0 Å². The monoisotopic (exact) mass is 256 g/mol. The van der Waals surface area contributed by atoms with Gasteiger partial charge in [0.2, 0.25) is 5.16 Å². The van der Waals surface area contributed by atoms with Crippen molar-refractivity contribution in [2.45, 2.75) is 17.3 Å². The standard InChI is InChI=1S/C13H12N4S/c1-10(11-6-3-2-4-7-11)18-13-15-12-14-8-5-9-17(12)16-13/h2-10H,1H3. The van der Waals surface area contributed by atoms with Crippen molar-refractivity contribution in [3.63, 3.8) is 0 Å². The van der Waals surface area contributed by atoms with E-state index in [0.717, 1.165) is 5.16 Å². The van der Waals surface area contributed by atoms with Crippen molar-refractivity contribution in [1.29, 1.82) is 0 Å². The molecule has 3 rings (SSSR count). The first-order chi connectivity index (χ1) is 8.83. The quantitative estimate of drug-likeness (QED) is 0.676. The molecule has 1 atom stereocenters. The van der Waals surface area contributed by atoms with E-state index >= 15 is 0 Å². The minimum Gasteiger partial charge on any atom is -0.220 e. The molecule has 3 aromatic rings. The molecule has 0 amide bonds. The molecule has 1 unspecified atom stereocenters. The lowest BCUT2D eigenvalue weighted by Gasteiger charge is -2.07. The van der Waals surface area contributed by atoms with E-state index in [4.69, 9.17) is 0 Å². The highest BCUT2D eigenvalue weighted by Gasteiger charge is 2.11. The van der Waals surface area contributed by atoms with E-state index < -0.39 is 0 Å². The van der Waals surface area contributed by atoms with Crippen LogP contribution in [0.5, 0.6) is 0 Å². The third-order valence-corrected chi connectivity index (χ3v) is 3.66. The van der Waals surface area contributed by atoms with Gasteiger partial charge in [0.25, 0.3) is 5.78 Å². The average Bonchev–Trinajstić information content (AvgIpc) is 2.82. The summed E-state index contributed by atoms with van der Waals surface area (Å²) in [7, 11) is 0. The van der Waals surface area contributed by atoms with Gasteiger partial charge in [-0.25, -0.2) is 9.50 Å². The topological polar surface area (TPSA) is 43.1 Å². The maximum absolute atomic E-state index is 4.38. The Hall–Kier alpha value is -1.88. The third-order valence-electron chi connectivity index (χ3n) is 2.65. The molecule has 0 saturated carbocycles. The van der Waals surface area contributed by atoms with E-state index in [1.54, 1.807) is 22.5 Å². The number of fused-ring (bicyclic) bond motifs is 1. The van der Waals surface area contributed by atoms with E-state index in [9.17, 15) is 0 Å². The molecule has 18 heavy (non-hydrogen) atoms. The fourth-order valence-corrected chi connectivity index (χ4v) is 2.59. The van der Waals surface area contributed by atoms with Crippen LogP contribution in [0.1, 0.15) is 17.7 Å². The molecule has 0 saturated heterocycles. The predicted octanol–water partition coefficient (Wildman–Crippen LogP) is 2.98. The van der Waals surface area contributed by atoms with Crippen molar-refractivity contribution < 1.29 is 0 Å². The Kier molecular flexibility index (Phi) is 2.98. The van der Waals surface area contributed by atoms with Crippen LogP contribution in [0.4, 0.5) is 0 Å². The van der Waals surface area contributed by atoms with Crippen molar-refractivity contribution in [2.24, 2.45) is 0 Å². The maximum Gasteiger partial charge on any atom is 0.253 e. The minimum atomic E-state index is 0.323. The molecule has 0 aliphatic carbocycles. The highest BCUT2D eigenvalue weighted by molar-refractivity contribution is 7.99. The molecule has 1 aromatic carbocycles. The van der Waals surface area contributed by atoms with Gasteiger partial charge in [-0.05, 0) is 18.6 Å². The molecule has 90 valence electrons. The fraction of sp³-hybridized carbons (Fsp3) is 0.154. The number of rotatable bonds is 3. The van der Waals surface area contributed by atoms with Gasteiger partial charge in [-0.2, -0.15) is 4.98 Å². The number of hydrogen-bond acceptors (Lipinski definition) is 4. The second-order valence-corrected chi connectivity index (χ2v) is 5.24. The van der Waals surface area contributed by atoms with Gasteiger partial charge in [0.05, 0.1) is 0 Å². The molecule has 4 nitrogen and oxygen atoms in total. The van der Waals surface area contributed by atoms with Crippen molar-refractivity contribution in [2.75, 3.05) is 0 Å². The van der Waals surface area contributed by atoms with E-state index in [-0.39, 0.29) is 0 Å². The number of aromatic nitrogens is 4. The molecule has 0 radical (unpaired) electrons. The van der Waals surface area contributed by atoms with Crippen LogP contribution in [0.15, 0.2) is 53.9 Å². The number of benzene rings is 1. The Labute approximate surface area is 109 Å². The number of thioether (sulfide) groups is 1. The lowest BCUT2D eigenvalue weighted by molar-refractivity contribution is 0.875. The first-order valence-corrected chi connectivity index (χ1v) is 6.60. The molecular weight excluding hydrogens is 244 g/mol. The Morgan fingerprint density at radius 1 is 1.17 bits per heavy atom. The van der Waals surface area contributed by atoms with Crippen LogP contribution < -0.4 is 0 Å². The van der Waals surface area contributed by atoms with E-state index in [2.05, 4.69) is 34.1 Å². The van der Waals surface area contributed by atoms with Crippen LogP contribution in [0.25, 0.3) is 5.78 Å². The van der Waals surface area contributed by atoms with Gasteiger partial charge in [0, 0.05) is 17.6 Å². The SMILES string of the molecule is CC(Sc1nc2ncccn2n1)c1ccccc1. The second kappa shape index (κ2) is 4.78. The second-order valence-electron chi connectivity index (χ2n) is 3.93. The maximum atomic E-state index is 4.38. The zero-order valence-corrected chi connectivity index (χ0v) is 10.7. The first kappa shape index (κ1) is 11.2. The third kappa shape index (κ3) is 2.22. The minimum absolute atomic E-state index is 0.323. The van der Waals surface area contributed by atoms with Gasteiger partial charge >= 0.3 is 0 Å². The Bertz CT molecular complexity index is 617. The summed E-state index contributed by atoms with van der Waals surface area (Å²) in [5.74, 6) is 0.639. The molecule has 2 heterocycles. The van der Waals surface area contributed by atoms with E-state index in [0.29, 0.717) is 11.0 Å². The molecule has 0 aliphatic rings. The van der Waals surface area contributed by atoms with Crippen LogP contribution in [-0.2, 0) is 0 Å². The highest BCUT2D eigenvalue weighted by atomic mass is 32.2. The van der Waals surface area contributed by atoms with E-state index in [1.165, 1.54) is 5.56 Å². The van der Waals surface area contributed by atoms with Crippen molar-refractivity contribution in [3.8, 4) is 0 Å². The Morgan fingerprint density at radius 3 is 2.78 bits per heavy atom. The lowest BCUT2D eigenvalue weighted by Crippen LogP contribution is -1.89. The predicted molar refractivity (Wildman–Crippen MR) is 71.5 cm³/mol. The van der Waals surface area contributed by atoms with Crippen molar-refractivity contribution in [3.05, 3.63) is 54.4 Å². The largest absolute Gasteiger partial charge is 0.253 e. The summed E-state index contributed by atoms with van der Waals surface area (Å²) in [4.78, 5) is 8.54. The zero-order valence-electron chi connectivity index (χ0n) is 9.89. The molecule has 2 aromatic heterocycles. The fourth-order valence-electron chi connectivity index (χ4n) is 1.71. The van der Waals surface area contributed by atoms with E-state index in [1.807, 2.05) is 30.5 Å². The van der Waals surface area contributed by atoms with Gasteiger partial charge in [0.1, 0.15) is 0 Å². The first-order valence-electron chi connectivity index (χ1n) is 5.72. The molecule has 0 aliphatic heterocycles. The summed E-state index contributed by atoms with van der Waals surface area (Å²) in [5, 5.41) is 5.46. The van der Waals surface area contributed by atoms with Gasteiger partial charge in [-0.3, -0.25) is 0 Å². The van der Waals surface area contributed by atoms with Crippen LogP contribution in [0, 0.1) is 0 Å². The Morgan fingerprint density at radius 2 is 2.00 bits per heavy atom. The van der Waals surface area contributed by atoms with Crippen LogP contribution >= 0.6 is 11.8 Å². The lowest BCUT2D eigenvalue weighted by atomic mass is 10.2. The molecule has 5 heteroatoms. The molecular formula is C13H12N4S. The summed E-state index contributed by atoms with van der Waals surface area (Å²) >= 11 is 1.64. The molecule has 0 bridgehead atoms. The summed E-state index contributed by atoms with van der Waals surface area (Å²) in [6.45, 7) is 2.15. The van der Waals surface area contributed by atoms with Gasteiger partial charge in [0.15, 0.2) is 0 Å². The average molecular weight is 256 g/mol. The van der Waals surface area contributed by atoms with Gasteiger partial charge in [-0.1, -0.05) is 42.1 Å². The molecule has 0 N–H and O–H groups in total. The summed E-state index contributed by atoms with van der Waals surface area (Å²) < 4.78 is 1.69. The van der Waals surface area contributed by atoms with Gasteiger partial charge < -0.3 is 0 Å². The Balaban J connectivity index is 1.84. The number of nitrogens with zero attached hydrogens (tertiary/aromatic N) is 4. The van der Waals surface area contributed by atoms with Crippen LogP contribution in [-0.4, -0.2) is 19.6 Å². The molecule has 0 spiro atoms. The van der Waals surface area contributed by atoms with Crippen molar-refractivity contribution >= 4 is 17.5 Å². The highest BCUT2D eigenvalue weighted by Crippen LogP contribution is 2.32. The summed E-state index contributed by atoms with van der Waals surface area (Å²) in [6.07, 6.45) is 3.58. The van der Waals surface area contributed by atoms with Gasteiger partial charge in [-0.15, -0.1) is 5.10 Å². The summed E-state index contributed by atoms with van der Waals surface area (Å²) in [6, 6.07) is 12.2. The normalized spacial score (nSPS) is 12.7. The smallest absolute Gasteiger partial charge is 0.220 e. The van der Waals surface area contributed by atoms with Crippen molar-refractivity contribution in [1.82, 2.24) is 19.6 Å². The summed E-state index contributed by atoms with van der Waals surface area (Å²) in [5.41, 5.74) is 1.27. The van der Waals surface area contributed by atoms with Crippen LogP contribution in [0.3, 0.4) is 0 Å². The zero-order chi connectivity index (χ0) is 12.4. The molecule has 0 fully saturated rings. The number of hydrogen-bond donors (Lipinski definition) is 0.